The molecule has 6 nitrogen and oxygen atoms in total. The zero-order valence-corrected chi connectivity index (χ0v) is 12.7. The molecular formula is C15H24N4O2. The molecule has 2 heterocycles. The van der Waals surface area contributed by atoms with Crippen molar-refractivity contribution in [3.8, 4) is 0 Å². The van der Waals surface area contributed by atoms with Crippen LogP contribution in [0.4, 0.5) is 0 Å². The van der Waals surface area contributed by atoms with E-state index in [1.807, 2.05) is 18.7 Å². The highest BCUT2D eigenvalue weighted by Gasteiger charge is 2.39. The summed E-state index contributed by atoms with van der Waals surface area (Å²) in [5.41, 5.74) is 2.15. The molecule has 1 saturated heterocycles. The van der Waals surface area contributed by atoms with Crippen LogP contribution >= 0.6 is 0 Å². The third-order valence-electron chi connectivity index (χ3n) is 4.50. The molecule has 6 heteroatoms. The van der Waals surface area contributed by atoms with Crippen LogP contribution in [0, 0.1) is 18.8 Å². The van der Waals surface area contributed by atoms with Gasteiger partial charge in [0.25, 0.3) is 0 Å². The van der Waals surface area contributed by atoms with E-state index in [2.05, 4.69) is 21.4 Å². The molecule has 1 aromatic heterocycles. The molecule has 0 spiro atoms. The minimum Gasteiger partial charge on any atom is -0.396 e. The Morgan fingerprint density at radius 1 is 1.48 bits per heavy atom. The molecule has 116 valence electrons. The third-order valence-corrected chi connectivity index (χ3v) is 4.50. The summed E-state index contributed by atoms with van der Waals surface area (Å²) >= 11 is 0. The molecule has 21 heavy (non-hydrogen) atoms. The van der Waals surface area contributed by atoms with Crippen molar-refractivity contribution in [3.63, 3.8) is 0 Å². The second kappa shape index (κ2) is 5.77. The lowest BCUT2D eigenvalue weighted by Gasteiger charge is -2.16. The summed E-state index contributed by atoms with van der Waals surface area (Å²) in [5.74, 6) is 0.0586. The number of aryl methyl sites for hydroxylation is 2. The largest absolute Gasteiger partial charge is 0.396 e. The molecule has 1 aliphatic heterocycles. The van der Waals surface area contributed by atoms with Gasteiger partial charge in [0.2, 0.25) is 5.91 Å². The Hall–Kier alpha value is -1.40. The van der Waals surface area contributed by atoms with Gasteiger partial charge in [-0.25, -0.2) is 0 Å². The number of hydrogen-bond acceptors (Lipinski definition) is 4. The molecule has 1 aliphatic carbocycles. The fourth-order valence-corrected chi connectivity index (χ4v) is 3.15. The lowest BCUT2D eigenvalue weighted by atomic mass is 9.96. The second-order valence-corrected chi connectivity index (χ2v) is 6.43. The van der Waals surface area contributed by atoms with Gasteiger partial charge in [-0.15, -0.1) is 0 Å². The van der Waals surface area contributed by atoms with E-state index in [4.69, 9.17) is 0 Å². The number of carbonyl (C=O) groups excluding carboxylic acids is 1. The Morgan fingerprint density at radius 3 is 2.81 bits per heavy atom. The van der Waals surface area contributed by atoms with Gasteiger partial charge in [0.05, 0.1) is 17.3 Å². The molecule has 1 saturated carbocycles. The van der Waals surface area contributed by atoms with Gasteiger partial charge in [0, 0.05) is 45.2 Å². The summed E-state index contributed by atoms with van der Waals surface area (Å²) in [4.78, 5) is 14.5. The Morgan fingerprint density at radius 2 is 2.24 bits per heavy atom. The summed E-state index contributed by atoms with van der Waals surface area (Å²) in [5, 5.41) is 17.0. The van der Waals surface area contributed by atoms with Crippen LogP contribution in [-0.2, 0) is 18.4 Å². The third kappa shape index (κ3) is 3.27. The van der Waals surface area contributed by atoms with E-state index in [9.17, 15) is 9.90 Å². The van der Waals surface area contributed by atoms with Crippen LogP contribution in [0.3, 0.4) is 0 Å². The van der Waals surface area contributed by atoms with Crippen molar-refractivity contribution in [2.45, 2.75) is 32.4 Å². The quantitative estimate of drug-likeness (QED) is 0.804. The molecule has 0 aromatic carbocycles. The molecule has 1 amide bonds. The number of rotatable bonds is 5. The van der Waals surface area contributed by atoms with Crippen LogP contribution in [0.2, 0.25) is 0 Å². The Labute approximate surface area is 125 Å². The summed E-state index contributed by atoms with van der Waals surface area (Å²) < 4.78 is 1.89. The lowest BCUT2D eigenvalue weighted by Crippen LogP contribution is -2.37. The van der Waals surface area contributed by atoms with Crippen LogP contribution in [0.15, 0.2) is 6.07 Å². The fourth-order valence-electron chi connectivity index (χ4n) is 3.15. The number of aliphatic hydroxyl groups excluding tert-OH is 1. The molecule has 2 fully saturated rings. The summed E-state index contributed by atoms with van der Waals surface area (Å²) in [6.07, 6.45) is 2.19. The van der Waals surface area contributed by atoms with Gasteiger partial charge in [-0.2, -0.15) is 5.10 Å². The first-order valence-electron chi connectivity index (χ1n) is 7.70. The van der Waals surface area contributed by atoms with Crippen molar-refractivity contribution >= 4 is 5.91 Å². The van der Waals surface area contributed by atoms with E-state index in [1.165, 1.54) is 0 Å². The van der Waals surface area contributed by atoms with Crippen LogP contribution in [0.5, 0.6) is 0 Å². The van der Waals surface area contributed by atoms with E-state index < -0.39 is 0 Å². The fraction of sp³-hybridized carbons (Fsp3) is 0.733. The molecule has 0 radical (unpaired) electrons. The van der Waals surface area contributed by atoms with Crippen molar-refractivity contribution in [3.05, 3.63) is 17.5 Å². The summed E-state index contributed by atoms with van der Waals surface area (Å²) in [6.45, 7) is 4.32. The Kier molecular flexibility index (Phi) is 3.99. The Bertz CT molecular complexity index is 524. The normalized spacial score (nSPS) is 26.2. The highest BCUT2D eigenvalue weighted by Crippen LogP contribution is 2.27. The number of aliphatic hydroxyl groups is 1. The van der Waals surface area contributed by atoms with Crippen molar-refractivity contribution in [1.82, 2.24) is 20.0 Å². The predicted octanol–water partition coefficient (Wildman–Crippen LogP) is 0.0474. The Balaban J connectivity index is 1.62. The number of likely N-dealkylation sites (tertiary alicyclic amines) is 1. The first-order chi connectivity index (χ1) is 10.1. The standard InChI is InChI=1S/C15H24N4O2/c1-10-5-13(18(2)17-10)7-19-6-11(9-20)14(8-19)15(21)16-12-3-4-12/h5,11-12,14,20H,3-4,6-9H2,1-2H3,(H,16,21)/t11-,14+/m0/s1. The minimum atomic E-state index is -0.0927. The smallest absolute Gasteiger partial charge is 0.225 e. The van der Waals surface area contributed by atoms with E-state index in [1.54, 1.807) is 0 Å². The van der Waals surface area contributed by atoms with Gasteiger partial charge >= 0.3 is 0 Å². The highest BCUT2D eigenvalue weighted by molar-refractivity contribution is 5.80. The molecule has 2 N–H and O–H groups in total. The molecule has 3 rings (SSSR count). The molecule has 0 unspecified atom stereocenters. The number of carbonyl (C=O) groups is 1. The van der Waals surface area contributed by atoms with Crippen LogP contribution in [0.25, 0.3) is 0 Å². The topological polar surface area (TPSA) is 70.4 Å². The van der Waals surface area contributed by atoms with E-state index in [0.29, 0.717) is 12.6 Å². The lowest BCUT2D eigenvalue weighted by molar-refractivity contribution is -0.126. The first kappa shape index (κ1) is 14.5. The molecular weight excluding hydrogens is 268 g/mol. The first-order valence-corrected chi connectivity index (χ1v) is 7.70. The van der Waals surface area contributed by atoms with Gasteiger partial charge in [0.1, 0.15) is 0 Å². The van der Waals surface area contributed by atoms with Gasteiger partial charge < -0.3 is 10.4 Å². The van der Waals surface area contributed by atoms with Gasteiger partial charge in [-0.1, -0.05) is 0 Å². The zero-order chi connectivity index (χ0) is 15.0. The van der Waals surface area contributed by atoms with Gasteiger partial charge in [-0.05, 0) is 25.8 Å². The number of nitrogens with zero attached hydrogens (tertiary/aromatic N) is 3. The molecule has 1 aromatic rings. The summed E-state index contributed by atoms with van der Waals surface area (Å²) in [7, 11) is 1.94. The number of nitrogens with one attached hydrogen (secondary N) is 1. The van der Waals surface area contributed by atoms with Crippen molar-refractivity contribution in [2.75, 3.05) is 19.7 Å². The SMILES string of the molecule is Cc1cc(CN2C[C@@H](CO)[C@H](C(=O)NC3CC3)C2)n(C)n1. The molecule has 2 aliphatic rings. The highest BCUT2D eigenvalue weighted by atomic mass is 16.3. The number of amides is 1. The maximum Gasteiger partial charge on any atom is 0.225 e. The molecule has 0 bridgehead atoms. The van der Waals surface area contributed by atoms with Gasteiger partial charge in [0.15, 0.2) is 0 Å². The van der Waals surface area contributed by atoms with Crippen molar-refractivity contribution < 1.29 is 9.90 Å². The zero-order valence-electron chi connectivity index (χ0n) is 12.7. The number of aromatic nitrogens is 2. The monoisotopic (exact) mass is 292 g/mol. The van der Waals surface area contributed by atoms with Gasteiger partial charge in [-0.3, -0.25) is 14.4 Å². The predicted molar refractivity (Wildman–Crippen MR) is 78.5 cm³/mol. The average Bonchev–Trinajstić information content (AvgIpc) is 3.06. The van der Waals surface area contributed by atoms with Crippen LogP contribution < -0.4 is 5.32 Å². The molecule has 2 atom stereocenters. The maximum atomic E-state index is 12.3. The summed E-state index contributed by atoms with van der Waals surface area (Å²) in [6, 6.07) is 2.46. The number of hydrogen-bond donors (Lipinski definition) is 2. The van der Waals surface area contributed by atoms with E-state index >= 15 is 0 Å². The average molecular weight is 292 g/mol. The minimum absolute atomic E-state index is 0.0399. The van der Waals surface area contributed by atoms with Crippen LogP contribution in [-0.4, -0.2) is 51.4 Å². The van der Waals surface area contributed by atoms with E-state index in [0.717, 1.165) is 37.3 Å². The van der Waals surface area contributed by atoms with E-state index in [-0.39, 0.29) is 24.3 Å². The van der Waals surface area contributed by atoms with Crippen LogP contribution in [0.1, 0.15) is 24.2 Å². The van der Waals surface area contributed by atoms with Crippen molar-refractivity contribution in [1.29, 1.82) is 0 Å². The maximum absolute atomic E-state index is 12.3. The second-order valence-electron chi connectivity index (χ2n) is 6.43. The van der Waals surface area contributed by atoms with Crippen molar-refractivity contribution in [2.24, 2.45) is 18.9 Å².